The van der Waals surface area contributed by atoms with Gasteiger partial charge in [0.2, 0.25) is 21.8 Å². The second-order valence-corrected chi connectivity index (χ2v) is 7.40. The lowest BCUT2D eigenvalue weighted by Gasteiger charge is -2.14. The van der Waals surface area contributed by atoms with Crippen molar-refractivity contribution in [3.8, 4) is 0 Å². The summed E-state index contributed by atoms with van der Waals surface area (Å²) in [5.74, 6) is -0.0830. The van der Waals surface area contributed by atoms with Crippen LogP contribution in [0.25, 0.3) is 0 Å². The number of anilines is 1. The summed E-state index contributed by atoms with van der Waals surface area (Å²) < 4.78 is 32.3. The smallest absolute Gasteiger partial charge is 0.241 e. The molecule has 0 radical (unpaired) electrons. The molecule has 1 aromatic carbocycles. The van der Waals surface area contributed by atoms with Crippen LogP contribution < -0.4 is 15.4 Å². The van der Waals surface area contributed by atoms with Crippen LogP contribution in [-0.2, 0) is 32.6 Å². The zero-order valence-corrected chi connectivity index (χ0v) is 14.2. The highest BCUT2D eigenvalue weighted by Gasteiger charge is 2.25. The number of hydrogen-bond acceptors (Lipinski definition) is 5. The molecule has 0 saturated carbocycles. The third-order valence-electron chi connectivity index (χ3n) is 3.75. The summed E-state index contributed by atoms with van der Waals surface area (Å²) in [7, 11) is -3.89. The van der Waals surface area contributed by atoms with Crippen LogP contribution in [0.4, 0.5) is 5.69 Å². The number of carbonyl (C=O) groups excluding carboxylic acids is 2. The number of carbonyl (C=O) groups is 2. The standard InChI is InChI=1S/C16H17N3O5S/c1-10(16(21)17-9-12-3-2-6-24-12)19-25(22,23)13-4-5-14-11(7-13)8-15(20)18-14/h2-7,10,19H,8-9H2,1H3,(H,17,21)(H,18,20)/t10-/m1/s1. The number of sulfonamides is 1. The lowest BCUT2D eigenvalue weighted by atomic mass is 10.2. The van der Waals surface area contributed by atoms with Gasteiger partial charge in [0.1, 0.15) is 5.76 Å². The molecule has 2 aromatic rings. The minimum Gasteiger partial charge on any atom is -0.467 e. The first-order chi connectivity index (χ1) is 11.8. The monoisotopic (exact) mass is 363 g/mol. The topological polar surface area (TPSA) is 118 Å². The summed E-state index contributed by atoms with van der Waals surface area (Å²) in [6.07, 6.45) is 1.62. The Hall–Kier alpha value is -2.65. The zero-order chi connectivity index (χ0) is 18.0. The average Bonchev–Trinajstić information content (AvgIpc) is 3.19. The van der Waals surface area contributed by atoms with E-state index in [2.05, 4.69) is 15.4 Å². The van der Waals surface area contributed by atoms with E-state index in [0.717, 1.165) is 0 Å². The largest absolute Gasteiger partial charge is 0.467 e. The van der Waals surface area contributed by atoms with Gasteiger partial charge in [-0.2, -0.15) is 4.72 Å². The summed E-state index contributed by atoms with van der Waals surface area (Å²) in [4.78, 5) is 23.4. The fourth-order valence-electron chi connectivity index (χ4n) is 2.47. The Labute approximate surface area is 144 Å². The summed E-state index contributed by atoms with van der Waals surface area (Å²) in [6.45, 7) is 1.62. The van der Waals surface area contributed by atoms with Crippen molar-refractivity contribution in [1.29, 1.82) is 0 Å². The van der Waals surface area contributed by atoms with Crippen molar-refractivity contribution in [3.63, 3.8) is 0 Å². The first kappa shape index (κ1) is 17.2. The van der Waals surface area contributed by atoms with Crippen LogP contribution in [0, 0.1) is 0 Å². The summed E-state index contributed by atoms with van der Waals surface area (Å²) in [6, 6.07) is 6.79. The fourth-order valence-corrected chi connectivity index (χ4v) is 3.72. The van der Waals surface area contributed by atoms with E-state index in [1.807, 2.05) is 0 Å². The van der Waals surface area contributed by atoms with E-state index in [-0.39, 0.29) is 23.8 Å². The number of furan rings is 1. The minimum absolute atomic E-state index is 0.00781. The third kappa shape index (κ3) is 3.89. The number of nitrogens with one attached hydrogen (secondary N) is 3. The predicted octanol–water partition coefficient (Wildman–Crippen LogP) is 0.757. The highest BCUT2D eigenvalue weighted by molar-refractivity contribution is 7.89. The van der Waals surface area contributed by atoms with E-state index in [9.17, 15) is 18.0 Å². The number of benzene rings is 1. The number of hydrogen-bond donors (Lipinski definition) is 3. The van der Waals surface area contributed by atoms with Crippen LogP contribution in [0.3, 0.4) is 0 Å². The maximum absolute atomic E-state index is 12.4. The lowest BCUT2D eigenvalue weighted by molar-refractivity contribution is -0.122. The van der Waals surface area contributed by atoms with E-state index in [0.29, 0.717) is 17.0 Å². The van der Waals surface area contributed by atoms with Gasteiger partial charge in [-0.3, -0.25) is 9.59 Å². The molecule has 1 atom stereocenters. The summed E-state index contributed by atoms with van der Waals surface area (Å²) in [5.41, 5.74) is 1.22. The Kier molecular flexibility index (Phi) is 4.60. The van der Waals surface area contributed by atoms with Crippen LogP contribution in [0.15, 0.2) is 45.9 Å². The SMILES string of the molecule is C[C@@H](NS(=O)(=O)c1ccc2c(c1)CC(=O)N2)C(=O)NCc1ccco1. The highest BCUT2D eigenvalue weighted by Crippen LogP contribution is 2.25. The molecule has 1 aromatic heterocycles. The van der Waals surface area contributed by atoms with Crippen LogP contribution in [0.5, 0.6) is 0 Å². The Morgan fingerprint density at radius 3 is 2.88 bits per heavy atom. The van der Waals surface area contributed by atoms with Crippen molar-refractivity contribution >= 4 is 27.5 Å². The number of amides is 2. The molecule has 2 heterocycles. The van der Waals surface area contributed by atoms with Crippen molar-refractivity contribution in [1.82, 2.24) is 10.0 Å². The lowest BCUT2D eigenvalue weighted by Crippen LogP contribution is -2.44. The molecular formula is C16H17N3O5S. The van der Waals surface area contributed by atoms with E-state index < -0.39 is 22.0 Å². The summed E-state index contributed by atoms with van der Waals surface area (Å²) >= 11 is 0. The molecule has 0 saturated heterocycles. The Balaban J connectivity index is 1.65. The molecule has 2 amide bonds. The van der Waals surface area contributed by atoms with Crippen molar-refractivity contribution < 1.29 is 22.4 Å². The molecule has 3 N–H and O–H groups in total. The van der Waals surface area contributed by atoms with Gasteiger partial charge in [-0.05, 0) is 42.8 Å². The number of fused-ring (bicyclic) bond motifs is 1. The van der Waals surface area contributed by atoms with Crippen molar-refractivity contribution in [2.75, 3.05) is 5.32 Å². The van der Waals surface area contributed by atoms with Crippen molar-refractivity contribution in [2.24, 2.45) is 0 Å². The molecule has 0 unspecified atom stereocenters. The zero-order valence-electron chi connectivity index (χ0n) is 13.4. The van der Waals surface area contributed by atoms with Gasteiger partial charge in [-0.1, -0.05) is 0 Å². The molecule has 132 valence electrons. The maximum atomic E-state index is 12.4. The molecule has 3 rings (SSSR count). The molecule has 0 spiro atoms. The molecule has 25 heavy (non-hydrogen) atoms. The second-order valence-electron chi connectivity index (χ2n) is 5.68. The molecule has 0 bridgehead atoms. The van der Waals surface area contributed by atoms with Gasteiger partial charge in [-0.25, -0.2) is 8.42 Å². The normalized spacial score (nSPS) is 14.7. The second kappa shape index (κ2) is 6.69. The molecule has 8 nitrogen and oxygen atoms in total. The fraction of sp³-hybridized carbons (Fsp3) is 0.250. The quantitative estimate of drug-likeness (QED) is 0.700. The van der Waals surface area contributed by atoms with Gasteiger partial charge >= 0.3 is 0 Å². The number of rotatable bonds is 6. The Morgan fingerprint density at radius 2 is 2.16 bits per heavy atom. The van der Waals surface area contributed by atoms with Crippen molar-refractivity contribution in [3.05, 3.63) is 47.9 Å². The van der Waals surface area contributed by atoms with Crippen LogP contribution in [0.2, 0.25) is 0 Å². The van der Waals surface area contributed by atoms with Gasteiger partial charge in [0.05, 0.1) is 30.2 Å². The summed E-state index contributed by atoms with van der Waals surface area (Å²) in [5, 5.41) is 5.23. The van der Waals surface area contributed by atoms with Gasteiger partial charge in [-0.15, -0.1) is 0 Å². The van der Waals surface area contributed by atoms with Gasteiger partial charge in [0, 0.05) is 5.69 Å². The van der Waals surface area contributed by atoms with Gasteiger partial charge < -0.3 is 15.1 Å². The minimum atomic E-state index is -3.89. The molecular weight excluding hydrogens is 346 g/mol. The average molecular weight is 363 g/mol. The van der Waals surface area contributed by atoms with E-state index in [1.165, 1.54) is 31.4 Å². The molecule has 0 aliphatic carbocycles. The van der Waals surface area contributed by atoms with Gasteiger partial charge in [0.15, 0.2) is 0 Å². The first-order valence-corrected chi connectivity index (χ1v) is 9.09. The van der Waals surface area contributed by atoms with E-state index in [4.69, 9.17) is 4.42 Å². The van der Waals surface area contributed by atoms with E-state index in [1.54, 1.807) is 12.1 Å². The molecule has 9 heteroatoms. The van der Waals surface area contributed by atoms with Crippen molar-refractivity contribution in [2.45, 2.75) is 30.8 Å². The van der Waals surface area contributed by atoms with Crippen LogP contribution in [-0.4, -0.2) is 26.3 Å². The molecule has 0 fully saturated rings. The molecule has 1 aliphatic rings. The van der Waals surface area contributed by atoms with E-state index >= 15 is 0 Å². The first-order valence-electron chi connectivity index (χ1n) is 7.60. The Morgan fingerprint density at radius 1 is 1.36 bits per heavy atom. The highest BCUT2D eigenvalue weighted by atomic mass is 32.2. The third-order valence-corrected chi connectivity index (χ3v) is 5.29. The molecule has 1 aliphatic heterocycles. The van der Waals surface area contributed by atoms with Crippen LogP contribution >= 0.6 is 0 Å². The van der Waals surface area contributed by atoms with Crippen LogP contribution in [0.1, 0.15) is 18.2 Å². The predicted molar refractivity (Wildman–Crippen MR) is 89.1 cm³/mol. The maximum Gasteiger partial charge on any atom is 0.241 e. The van der Waals surface area contributed by atoms with Gasteiger partial charge in [0.25, 0.3) is 0 Å². The Bertz CT molecular complexity index is 906.